The lowest BCUT2D eigenvalue weighted by Crippen LogP contribution is -2.42. The second-order valence-corrected chi connectivity index (χ2v) is 7.02. The molecule has 7 heteroatoms. The zero-order chi connectivity index (χ0) is 14.2. The predicted octanol–water partition coefficient (Wildman–Crippen LogP) is 0.922. The summed E-state index contributed by atoms with van der Waals surface area (Å²) < 4.78 is 26.7. The van der Waals surface area contributed by atoms with E-state index >= 15 is 0 Å². The van der Waals surface area contributed by atoms with Gasteiger partial charge in [0.1, 0.15) is 0 Å². The fraction of sp³-hybridized carbons (Fsp3) is 0.462. The fourth-order valence-corrected chi connectivity index (χ4v) is 4.09. The van der Waals surface area contributed by atoms with Crippen molar-refractivity contribution in [1.29, 1.82) is 0 Å². The number of H-pyrrole nitrogens is 1. The van der Waals surface area contributed by atoms with E-state index in [-0.39, 0.29) is 11.1 Å². The third-order valence-corrected chi connectivity index (χ3v) is 5.46. The number of aromatic nitrogens is 2. The number of rotatable bonds is 3. The number of nitrogens with two attached hydrogens (primary N) is 1. The summed E-state index contributed by atoms with van der Waals surface area (Å²) >= 11 is 0. The number of hydrogen-bond acceptors (Lipinski definition) is 4. The van der Waals surface area contributed by atoms with Gasteiger partial charge >= 0.3 is 0 Å². The Kier molecular flexibility index (Phi) is 3.49. The molecule has 1 atom stereocenters. The lowest BCUT2D eigenvalue weighted by atomic mass is 10.0. The van der Waals surface area contributed by atoms with Crippen molar-refractivity contribution in [1.82, 2.24) is 14.3 Å². The highest BCUT2D eigenvalue weighted by Crippen LogP contribution is 2.23. The van der Waals surface area contributed by atoms with E-state index in [2.05, 4.69) is 9.97 Å². The Labute approximate surface area is 118 Å². The van der Waals surface area contributed by atoms with E-state index in [9.17, 15) is 8.42 Å². The summed E-state index contributed by atoms with van der Waals surface area (Å²) in [5, 5.41) is 0.0244. The number of sulfonamides is 1. The van der Waals surface area contributed by atoms with Gasteiger partial charge in [0, 0.05) is 13.1 Å². The summed E-state index contributed by atoms with van der Waals surface area (Å²) in [5.41, 5.74) is 7.06. The number of benzene rings is 1. The Morgan fingerprint density at radius 1 is 1.40 bits per heavy atom. The number of fused-ring (bicyclic) bond motifs is 1. The number of para-hydroxylation sites is 2. The first-order chi connectivity index (χ1) is 9.61. The van der Waals surface area contributed by atoms with Gasteiger partial charge in [-0.2, -0.15) is 4.31 Å². The van der Waals surface area contributed by atoms with Crippen molar-refractivity contribution in [2.24, 2.45) is 11.7 Å². The van der Waals surface area contributed by atoms with Gasteiger partial charge in [-0.15, -0.1) is 0 Å². The summed E-state index contributed by atoms with van der Waals surface area (Å²) in [4.78, 5) is 7.09. The van der Waals surface area contributed by atoms with E-state index in [4.69, 9.17) is 5.73 Å². The molecular formula is C13H18N4O2S. The predicted molar refractivity (Wildman–Crippen MR) is 76.6 cm³/mol. The molecule has 0 radical (unpaired) electrons. The van der Waals surface area contributed by atoms with Gasteiger partial charge in [0.05, 0.1) is 11.0 Å². The molecule has 1 aliphatic heterocycles. The number of piperidine rings is 1. The number of imidazole rings is 1. The summed E-state index contributed by atoms with van der Waals surface area (Å²) in [5.74, 6) is 0.239. The van der Waals surface area contributed by atoms with Crippen LogP contribution in [0.15, 0.2) is 29.4 Å². The Morgan fingerprint density at radius 2 is 2.20 bits per heavy atom. The molecule has 6 nitrogen and oxygen atoms in total. The molecule has 0 amide bonds. The minimum atomic E-state index is -3.56. The van der Waals surface area contributed by atoms with Gasteiger partial charge in [-0.05, 0) is 37.4 Å². The zero-order valence-electron chi connectivity index (χ0n) is 11.1. The number of hydrogen-bond donors (Lipinski definition) is 2. The molecule has 3 rings (SSSR count). The minimum absolute atomic E-state index is 0.0244. The van der Waals surface area contributed by atoms with E-state index in [0.29, 0.717) is 25.2 Å². The van der Waals surface area contributed by atoms with Crippen molar-refractivity contribution in [2.45, 2.75) is 18.0 Å². The topological polar surface area (TPSA) is 92.1 Å². The van der Waals surface area contributed by atoms with E-state index in [1.54, 1.807) is 6.07 Å². The van der Waals surface area contributed by atoms with Crippen molar-refractivity contribution in [2.75, 3.05) is 19.6 Å². The minimum Gasteiger partial charge on any atom is -0.330 e. The third-order valence-electron chi connectivity index (χ3n) is 3.77. The smallest absolute Gasteiger partial charge is 0.276 e. The van der Waals surface area contributed by atoms with Gasteiger partial charge in [-0.3, -0.25) is 0 Å². The van der Waals surface area contributed by atoms with Gasteiger partial charge < -0.3 is 10.7 Å². The van der Waals surface area contributed by atoms with Crippen molar-refractivity contribution in [3.63, 3.8) is 0 Å². The van der Waals surface area contributed by atoms with Crippen LogP contribution in [-0.4, -0.2) is 42.3 Å². The molecule has 108 valence electrons. The van der Waals surface area contributed by atoms with E-state index < -0.39 is 10.0 Å². The van der Waals surface area contributed by atoms with Gasteiger partial charge in [0.25, 0.3) is 10.0 Å². The largest absolute Gasteiger partial charge is 0.330 e. The van der Waals surface area contributed by atoms with Crippen LogP contribution < -0.4 is 5.73 Å². The second-order valence-electron chi connectivity index (χ2n) is 5.17. The molecular weight excluding hydrogens is 276 g/mol. The van der Waals surface area contributed by atoms with E-state index in [0.717, 1.165) is 18.4 Å². The number of nitrogens with zero attached hydrogens (tertiary/aromatic N) is 2. The Balaban J connectivity index is 1.94. The maximum Gasteiger partial charge on any atom is 0.276 e. The summed E-state index contributed by atoms with van der Waals surface area (Å²) in [6.07, 6.45) is 1.84. The number of nitrogens with one attached hydrogen (secondary N) is 1. The van der Waals surface area contributed by atoms with Crippen LogP contribution in [0.2, 0.25) is 0 Å². The van der Waals surface area contributed by atoms with Crippen molar-refractivity contribution >= 4 is 21.1 Å². The quantitative estimate of drug-likeness (QED) is 0.880. The maximum absolute atomic E-state index is 12.6. The standard InChI is InChI=1S/C13H18N4O2S/c14-8-10-4-3-7-17(9-10)20(18,19)13-15-11-5-1-2-6-12(11)16-13/h1-2,5-6,10H,3-4,7-9,14H2,(H,15,16)/t10-/m1/s1. The molecule has 0 bridgehead atoms. The average molecular weight is 294 g/mol. The van der Waals surface area contributed by atoms with Crippen LogP contribution in [0.4, 0.5) is 0 Å². The highest BCUT2D eigenvalue weighted by molar-refractivity contribution is 7.89. The molecule has 2 heterocycles. The van der Waals surface area contributed by atoms with Crippen LogP contribution in [-0.2, 0) is 10.0 Å². The van der Waals surface area contributed by atoms with Gasteiger partial charge in [0.15, 0.2) is 0 Å². The SMILES string of the molecule is NC[C@H]1CCCN(S(=O)(=O)c2nc3ccccc3[nH]2)C1. The van der Waals surface area contributed by atoms with Crippen molar-refractivity contribution in [3.8, 4) is 0 Å². The zero-order valence-corrected chi connectivity index (χ0v) is 11.9. The first-order valence-electron chi connectivity index (χ1n) is 6.76. The van der Waals surface area contributed by atoms with Crippen LogP contribution >= 0.6 is 0 Å². The van der Waals surface area contributed by atoms with E-state index in [1.165, 1.54) is 4.31 Å². The highest BCUT2D eigenvalue weighted by atomic mass is 32.2. The Hall–Kier alpha value is -1.44. The molecule has 1 aromatic heterocycles. The lowest BCUT2D eigenvalue weighted by molar-refractivity contribution is 0.270. The molecule has 0 unspecified atom stereocenters. The Morgan fingerprint density at radius 3 is 2.95 bits per heavy atom. The van der Waals surface area contributed by atoms with Crippen LogP contribution in [0.3, 0.4) is 0 Å². The first-order valence-corrected chi connectivity index (χ1v) is 8.20. The lowest BCUT2D eigenvalue weighted by Gasteiger charge is -2.30. The molecule has 2 aromatic rings. The molecule has 1 fully saturated rings. The van der Waals surface area contributed by atoms with Crippen LogP contribution in [0.1, 0.15) is 12.8 Å². The fourth-order valence-electron chi connectivity index (χ4n) is 2.61. The Bertz CT molecular complexity index is 677. The maximum atomic E-state index is 12.6. The second kappa shape index (κ2) is 5.16. The monoisotopic (exact) mass is 294 g/mol. The molecule has 3 N–H and O–H groups in total. The molecule has 0 aliphatic carbocycles. The van der Waals surface area contributed by atoms with Crippen molar-refractivity contribution < 1.29 is 8.42 Å². The molecule has 20 heavy (non-hydrogen) atoms. The van der Waals surface area contributed by atoms with Crippen molar-refractivity contribution in [3.05, 3.63) is 24.3 Å². The first kappa shape index (κ1) is 13.5. The van der Waals surface area contributed by atoms with Gasteiger partial charge in [0.2, 0.25) is 5.16 Å². The van der Waals surface area contributed by atoms with Crippen LogP contribution in [0.5, 0.6) is 0 Å². The molecule has 1 aromatic carbocycles. The average Bonchev–Trinajstić information content (AvgIpc) is 2.92. The highest BCUT2D eigenvalue weighted by Gasteiger charge is 2.31. The van der Waals surface area contributed by atoms with Gasteiger partial charge in [-0.25, -0.2) is 13.4 Å². The molecule has 1 saturated heterocycles. The molecule has 0 spiro atoms. The normalized spacial score (nSPS) is 21.4. The summed E-state index contributed by atoms with van der Waals surface area (Å²) in [6.45, 7) is 1.54. The van der Waals surface area contributed by atoms with Crippen LogP contribution in [0.25, 0.3) is 11.0 Å². The van der Waals surface area contributed by atoms with Gasteiger partial charge in [-0.1, -0.05) is 12.1 Å². The number of aromatic amines is 1. The summed E-state index contributed by atoms with van der Waals surface area (Å²) in [7, 11) is -3.56. The molecule has 1 aliphatic rings. The molecule has 0 saturated carbocycles. The third kappa shape index (κ3) is 2.32. The van der Waals surface area contributed by atoms with Crippen LogP contribution in [0, 0.1) is 5.92 Å². The van der Waals surface area contributed by atoms with E-state index in [1.807, 2.05) is 18.2 Å². The summed E-state index contributed by atoms with van der Waals surface area (Å²) in [6, 6.07) is 7.30.